The minimum absolute atomic E-state index is 0.123. The maximum atomic E-state index is 13.6. The van der Waals surface area contributed by atoms with Gasteiger partial charge in [0.05, 0.1) is 16.9 Å². The minimum atomic E-state index is -0.506. The third-order valence-corrected chi connectivity index (χ3v) is 2.80. The van der Waals surface area contributed by atoms with E-state index < -0.39 is 11.6 Å². The van der Waals surface area contributed by atoms with Crippen LogP contribution in [0.2, 0.25) is 0 Å². The number of nitriles is 1. The molecule has 0 bridgehead atoms. The third kappa shape index (κ3) is 2.66. The summed E-state index contributed by atoms with van der Waals surface area (Å²) >= 11 is 3.15. The first-order chi connectivity index (χ1) is 8.60. The Kier molecular flexibility index (Phi) is 3.58. The summed E-state index contributed by atoms with van der Waals surface area (Å²) in [5.74, 6) is -0.967. The van der Waals surface area contributed by atoms with E-state index in [2.05, 4.69) is 21.2 Å². The molecule has 2 nitrogen and oxygen atoms in total. The summed E-state index contributed by atoms with van der Waals surface area (Å²) in [6, 6.07) is 10.1. The second-order valence-electron chi connectivity index (χ2n) is 3.55. The smallest absolute Gasteiger partial charge is 0.147 e. The van der Waals surface area contributed by atoms with Crippen molar-refractivity contribution in [1.82, 2.24) is 0 Å². The molecule has 0 radical (unpaired) electrons. The molecule has 0 aromatic heterocycles. The topological polar surface area (TPSA) is 35.8 Å². The largest absolute Gasteiger partial charge is 0.352 e. The Morgan fingerprint density at radius 1 is 1.06 bits per heavy atom. The van der Waals surface area contributed by atoms with Gasteiger partial charge in [-0.1, -0.05) is 15.9 Å². The fourth-order valence-corrected chi connectivity index (χ4v) is 1.79. The molecule has 0 saturated heterocycles. The summed E-state index contributed by atoms with van der Waals surface area (Å²) in [6.07, 6.45) is 0. The van der Waals surface area contributed by atoms with E-state index in [1.807, 2.05) is 6.07 Å². The first kappa shape index (κ1) is 12.5. The van der Waals surface area contributed by atoms with Crippen LogP contribution in [0.4, 0.5) is 20.2 Å². The van der Waals surface area contributed by atoms with Crippen LogP contribution in [-0.2, 0) is 0 Å². The summed E-state index contributed by atoms with van der Waals surface area (Å²) < 4.78 is 27.2. The Morgan fingerprint density at radius 2 is 1.78 bits per heavy atom. The Morgan fingerprint density at radius 3 is 2.44 bits per heavy atom. The Labute approximate surface area is 111 Å². The molecule has 90 valence electrons. The lowest BCUT2D eigenvalue weighted by Crippen LogP contribution is -1.96. The van der Waals surface area contributed by atoms with Crippen LogP contribution >= 0.6 is 15.9 Å². The van der Waals surface area contributed by atoms with Crippen LogP contribution in [0.15, 0.2) is 40.9 Å². The van der Waals surface area contributed by atoms with Gasteiger partial charge >= 0.3 is 0 Å². The zero-order valence-electron chi connectivity index (χ0n) is 9.05. The van der Waals surface area contributed by atoms with Crippen LogP contribution in [0.1, 0.15) is 5.56 Å². The Balaban J connectivity index is 2.37. The quantitative estimate of drug-likeness (QED) is 0.895. The molecule has 0 aliphatic carbocycles. The Bertz CT molecular complexity index is 635. The summed E-state index contributed by atoms with van der Waals surface area (Å²) in [4.78, 5) is 0. The lowest BCUT2D eigenvalue weighted by atomic mass is 10.2. The van der Waals surface area contributed by atoms with E-state index in [1.54, 1.807) is 6.07 Å². The molecule has 0 unspecified atom stereocenters. The summed E-state index contributed by atoms with van der Waals surface area (Å²) in [5.41, 5.74) is 0.707. The van der Waals surface area contributed by atoms with Crippen molar-refractivity contribution in [2.75, 3.05) is 5.32 Å². The first-order valence-corrected chi connectivity index (χ1v) is 5.81. The molecule has 5 heteroatoms. The minimum Gasteiger partial charge on any atom is -0.352 e. The molecular formula is C13H7BrF2N2. The number of hydrogen-bond acceptors (Lipinski definition) is 2. The molecule has 2 aromatic carbocycles. The van der Waals surface area contributed by atoms with Crippen molar-refractivity contribution in [1.29, 1.82) is 5.26 Å². The van der Waals surface area contributed by atoms with Crippen LogP contribution in [0, 0.1) is 23.0 Å². The summed E-state index contributed by atoms with van der Waals surface area (Å²) in [7, 11) is 0. The van der Waals surface area contributed by atoms with Crippen LogP contribution in [0.5, 0.6) is 0 Å². The number of nitrogens with zero attached hydrogens (tertiary/aromatic N) is 1. The molecule has 0 saturated carbocycles. The van der Waals surface area contributed by atoms with Crippen LogP contribution in [-0.4, -0.2) is 0 Å². The van der Waals surface area contributed by atoms with Gasteiger partial charge in [0.1, 0.15) is 17.7 Å². The number of halogens is 3. The summed E-state index contributed by atoms with van der Waals surface area (Å²) in [5, 5.41) is 11.6. The average Bonchev–Trinajstić information content (AvgIpc) is 2.34. The van der Waals surface area contributed by atoms with Crippen molar-refractivity contribution in [3.63, 3.8) is 0 Å². The molecule has 0 amide bonds. The van der Waals surface area contributed by atoms with E-state index in [-0.39, 0.29) is 11.3 Å². The highest BCUT2D eigenvalue weighted by Crippen LogP contribution is 2.25. The van der Waals surface area contributed by atoms with E-state index in [9.17, 15) is 8.78 Å². The number of benzene rings is 2. The van der Waals surface area contributed by atoms with E-state index in [4.69, 9.17) is 5.26 Å². The zero-order valence-corrected chi connectivity index (χ0v) is 10.6. The van der Waals surface area contributed by atoms with Crippen LogP contribution < -0.4 is 5.32 Å². The number of rotatable bonds is 2. The molecule has 0 heterocycles. The molecule has 1 N–H and O–H groups in total. The second-order valence-corrected chi connectivity index (χ2v) is 4.47. The van der Waals surface area contributed by atoms with E-state index in [0.29, 0.717) is 10.2 Å². The highest BCUT2D eigenvalue weighted by Gasteiger charge is 2.07. The molecule has 0 aliphatic heterocycles. The van der Waals surface area contributed by atoms with E-state index >= 15 is 0 Å². The van der Waals surface area contributed by atoms with Crippen LogP contribution in [0.3, 0.4) is 0 Å². The van der Waals surface area contributed by atoms with Gasteiger partial charge in [-0.3, -0.25) is 0 Å². The predicted molar refractivity (Wildman–Crippen MR) is 68.5 cm³/mol. The maximum Gasteiger partial charge on any atom is 0.147 e. The van der Waals surface area contributed by atoms with E-state index in [0.717, 1.165) is 6.07 Å². The average molecular weight is 309 g/mol. The van der Waals surface area contributed by atoms with Crippen molar-refractivity contribution in [3.8, 4) is 6.07 Å². The third-order valence-electron chi connectivity index (χ3n) is 2.30. The molecule has 2 aromatic rings. The van der Waals surface area contributed by atoms with Crippen LogP contribution in [0.25, 0.3) is 0 Å². The monoisotopic (exact) mass is 308 g/mol. The SMILES string of the molecule is N#Cc1cc(F)ccc1Nc1ccc(Br)cc1F. The predicted octanol–water partition coefficient (Wildman–Crippen LogP) is 4.34. The van der Waals surface area contributed by atoms with Crippen molar-refractivity contribution in [2.24, 2.45) is 0 Å². The highest BCUT2D eigenvalue weighted by atomic mass is 79.9. The van der Waals surface area contributed by atoms with Gasteiger partial charge in [0.2, 0.25) is 0 Å². The van der Waals surface area contributed by atoms with Gasteiger partial charge < -0.3 is 5.32 Å². The molecule has 2 rings (SSSR count). The Hall–Kier alpha value is -1.93. The standard InChI is InChI=1S/C13H7BrF2N2/c14-9-1-3-13(11(16)6-9)18-12-4-2-10(15)5-8(12)7-17/h1-6,18H. The van der Waals surface area contributed by atoms with Gasteiger partial charge in [-0.05, 0) is 36.4 Å². The molecule has 18 heavy (non-hydrogen) atoms. The second kappa shape index (κ2) is 5.15. The van der Waals surface area contributed by atoms with Gasteiger partial charge in [-0.2, -0.15) is 5.26 Å². The van der Waals surface area contributed by atoms with Crippen molar-refractivity contribution >= 4 is 27.3 Å². The first-order valence-electron chi connectivity index (χ1n) is 5.02. The highest BCUT2D eigenvalue weighted by molar-refractivity contribution is 9.10. The zero-order chi connectivity index (χ0) is 13.1. The lowest BCUT2D eigenvalue weighted by Gasteiger charge is -2.09. The molecule has 0 atom stereocenters. The lowest BCUT2D eigenvalue weighted by molar-refractivity contribution is 0.627. The van der Waals surface area contributed by atoms with Crippen molar-refractivity contribution < 1.29 is 8.78 Å². The fourth-order valence-electron chi connectivity index (χ4n) is 1.45. The van der Waals surface area contributed by atoms with Gasteiger partial charge in [0, 0.05) is 4.47 Å². The van der Waals surface area contributed by atoms with Gasteiger partial charge in [0.15, 0.2) is 0 Å². The van der Waals surface area contributed by atoms with Gasteiger partial charge in [-0.15, -0.1) is 0 Å². The fraction of sp³-hybridized carbons (Fsp3) is 0. The van der Waals surface area contributed by atoms with Gasteiger partial charge in [0.25, 0.3) is 0 Å². The number of hydrogen-bond donors (Lipinski definition) is 1. The molecule has 0 spiro atoms. The normalized spacial score (nSPS) is 9.89. The van der Waals surface area contributed by atoms with Gasteiger partial charge in [-0.25, -0.2) is 8.78 Å². The van der Waals surface area contributed by atoms with Crippen molar-refractivity contribution in [3.05, 3.63) is 58.1 Å². The molecule has 0 fully saturated rings. The van der Waals surface area contributed by atoms with Crippen molar-refractivity contribution in [2.45, 2.75) is 0 Å². The number of anilines is 2. The molecule has 0 aliphatic rings. The summed E-state index contributed by atoms with van der Waals surface area (Å²) in [6.45, 7) is 0. The number of nitrogens with one attached hydrogen (secondary N) is 1. The molecular weight excluding hydrogens is 302 g/mol. The maximum absolute atomic E-state index is 13.6. The van der Waals surface area contributed by atoms with E-state index in [1.165, 1.54) is 24.3 Å².